The van der Waals surface area contributed by atoms with Crippen LogP contribution in [0.2, 0.25) is 0 Å². The Morgan fingerprint density at radius 3 is 2.93 bits per heavy atom. The van der Waals surface area contributed by atoms with Crippen LogP contribution in [0.1, 0.15) is 24.6 Å². The van der Waals surface area contributed by atoms with E-state index in [0.717, 1.165) is 0 Å². The molecule has 5 nitrogen and oxygen atoms in total. The van der Waals surface area contributed by atoms with Crippen LogP contribution in [0.3, 0.4) is 0 Å². The molecule has 1 aromatic rings. The highest BCUT2D eigenvalue weighted by Crippen LogP contribution is 2.22. The Morgan fingerprint density at radius 1 is 1.64 bits per heavy atom. The molecule has 0 aliphatic carbocycles. The quantitative estimate of drug-likeness (QED) is 0.657. The fraction of sp³-hybridized carbons (Fsp3) is 0.333. The lowest BCUT2D eigenvalue weighted by Crippen LogP contribution is -2.13. The molecule has 0 aliphatic rings. The van der Waals surface area contributed by atoms with E-state index in [-0.39, 0.29) is 18.6 Å². The lowest BCUT2D eigenvalue weighted by Gasteiger charge is -2.10. The van der Waals surface area contributed by atoms with Crippen molar-refractivity contribution in [2.75, 3.05) is 0 Å². The SMILES string of the molecule is NC(CCC(=O)O)c1ncccc1O. The fourth-order valence-corrected chi connectivity index (χ4v) is 1.11. The van der Waals surface area contributed by atoms with Crippen LogP contribution in [0.25, 0.3) is 0 Å². The fourth-order valence-electron chi connectivity index (χ4n) is 1.11. The highest BCUT2D eigenvalue weighted by atomic mass is 16.4. The van der Waals surface area contributed by atoms with Crippen LogP contribution >= 0.6 is 0 Å². The van der Waals surface area contributed by atoms with Crippen molar-refractivity contribution in [2.45, 2.75) is 18.9 Å². The van der Waals surface area contributed by atoms with Crippen LogP contribution in [-0.2, 0) is 4.79 Å². The van der Waals surface area contributed by atoms with Gasteiger partial charge in [0.2, 0.25) is 0 Å². The van der Waals surface area contributed by atoms with Crippen molar-refractivity contribution in [1.29, 1.82) is 0 Å². The lowest BCUT2D eigenvalue weighted by atomic mass is 10.1. The Kier molecular flexibility index (Phi) is 3.41. The van der Waals surface area contributed by atoms with Crippen LogP contribution in [0, 0.1) is 0 Å². The van der Waals surface area contributed by atoms with Gasteiger partial charge < -0.3 is 15.9 Å². The summed E-state index contributed by atoms with van der Waals surface area (Å²) in [5.74, 6) is -0.902. The lowest BCUT2D eigenvalue weighted by molar-refractivity contribution is -0.137. The summed E-state index contributed by atoms with van der Waals surface area (Å²) in [5.41, 5.74) is 6.00. The molecule has 76 valence electrons. The molecule has 0 aromatic carbocycles. The van der Waals surface area contributed by atoms with Crippen LogP contribution in [-0.4, -0.2) is 21.2 Å². The average Bonchev–Trinajstić information content (AvgIpc) is 2.15. The number of carboxylic acid groups (broad SMARTS) is 1. The second kappa shape index (κ2) is 4.57. The predicted octanol–water partition coefficient (Wildman–Crippen LogP) is 0.652. The molecule has 5 heteroatoms. The van der Waals surface area contributed by atoms with Gasteiger partial charge in [-0.05, 0) is 18.6 Å². The van der Waals surface area contributed by atoms with Crippen molar-refractivity contribution in [1.82, 2.24) is 4.98 Å². The molecule has 14 heavy (non-hydrogen) atoms. The number of nitrogens with two attached hydrogens (primary N) is 1. The minimum atomic E-state index is -0.907. The maximum Gasteiger partial charge on any atom is 0.303 e. The standard InChI is InChI=1S/C9H12N2O3/c10-6(3-4-8(13)14)9-7(12)2-1-5-11-9/h1-2,5-6,12H,3-4,10H2,(H,13,14). The van der Waals surface area contributed by atoms with Crippen LogP contribution < -0.4 is 5.73 Å². The number of carboxylic acids is 1. The van der Waals surface area contributed by atoms with Gasteiger partial charge in [0.05, 0.1) is 11.7 Å². The Bertz CT molecular complexity index is 328. The third kappa shape index (κ3) is 2.70. The van der Waals surface area contributed by atoms with E-state index in [1.165, 1.54) is 12.3 Å². The number of pyridine rings is 1. The zero-order valence-electron chi connectivity index (χ0n) is 7.55. The van der Waals surface area contributed by atoms with Gasteiger partial charge in [0.1, 0.15) is 5.75 Å². The van der Waals surface area contributed by atoms with E-state index < -0.39 is 12.0 Å². The first-order chi connectivity index (χ1) is 6.61. The van der Waals surface area contributed by atoms with Crippen molar-refractivity contribution >= 4 is 5.97 Å². The van der Waals surface area contributed by atoms with Crippen molar-refractivity contribution in [3.05, 3.63) is 24.0 Å². The maximum absolute atomic E-state index is 10.3. The van der Waals surface area contributed by atoms with Crippen molar-refractivity contribution < 1.29 is 15.0 Å². The highest BCUT2D eigenvalue weighted by Gasteiger charge is 2.12. The molecule has 0 saturated heterocycles. The number of aliphatic carboxylic acids is 1. The Hall–Kier alpha value is -1.62. The number of aromatic hydroxyl groups is 1. The van der Waals surface area contributed by atoms with Gasteiger partial charge >= 0.3 is 5.97 Å². The normalized spacial score (nSPS) is 12.4. The third-order valence-corrected chi connectivity index (χ3v) is 1.84. The van der Waals surface area contributed by atoms with E-state index in [2.05, 4.69) is 4.98 Å². The van der Waals surface area contributed by atoms with Gasteiger partial charge in [-0.3, -0.25) is 9.78 Å². The van der Waals surface area contributed by atoms with Crippen LogP contribution in [0.5, 0.6) is 5.75 Å². The Morgan fingerprint density at radius 2 is 2.36 bits per heavy atom. The summed E-state index contributed by atoms with van der Waals surface area (Å²) in [4.78, 5) is 14.2. The van der Waals surface area contributed by atoms with E-state index in [1.807, 2.05) is 0 Å². The first-order valence-corrected chi connectivity index (χ1v) is 4.22. The molecule has 1 aromatic heterocycles. The number of nitrogens with zero attached hydrogens (tertiary/aromatic N) is 1. The van der Waals surface area contributed by atoms with Gasteiger partial charge in [-0.1, -0.05) is 0 Å². The van der Waals surface area contributed by atoms with E-state index in [9.17, 15) is 9.90 Å². The van der Waals surface area contributed by atoms with Crippen molar-refractivity contribution in [2.24, 2.45) is 5.73 Å². The number of rotatable bonds is 4. The molecule has 1 atom stereocenters. The van der Waals surface area contributed by atoms with E-state index in [0.29, 0.717) is 5.69 Å². The Balaban J connectivity index is 2.65. The van der Waals surface area contributed by atoms with Gasteiger partial charge in [0.15, 0.2) is 0 Å². The van der Waals surface area contributed by atoms with E-state index in [4.69, 9.17) is 10.8 Å². The van der Waals surface area contributed by atoms with Gasteiger partial charge in [-0.25, -0.2) is 0 Å². The molecule has 1 heterocycles. The summed E-state index contributed by atoms with van der Waals surface area (Å²) < 4.78 is 0. The summed E-state index contributed by atoms with van der Waals surface area (Å²) >= 11 is 0. The number of hydrogen-bond donors (Lipinski definition) is 3. The largest absolute Gasteiger partial charge is 0.506 e. The number of hydrogen-bond acceptors (Lipinski definition) is 4. The van der Waals surface area contributed by atoms with Crippen molar-refractivity contribution in [3.8, 4) is 5.75 Å². The molecular weight excluding hydrogens is 184 g/mol. The monoisotopic (exact) mass is 196 g/mol. The smallest absolute Gasteiger partial charge is 0.303 e. The minimum Gasteiger partial charge on any atom is -0.506 e. The molecule has 1 unspecified atom stereocenters. The van der Waals surface area contributed by atoms with Crippen LogP contribution in [0.15, 0.2) is 18.3 Å². The second-order valence-corrected chi connectivity index (χ2v) is 2.95. The zero-order valence-corrected chi connectivity index (χ0v) is 7.55. The van der Waals surface area contributed by atoms with E-state index in [1.54, 1.807) is 6.07 Å². The van der Waals surface area contributed by atoms with Gasteiger partial charge in [0.25, 0.3) is 0 Å². The molecule has 0 spiro atoms. The molecule has 0 radical (unpaired) electrons. The topological polar surface area (TPSA) is 96.4 Å². The first-order valence-electron chi connectivity index (χ1n) is 4.22. The predicted molar refractivity (Wildman–Crippen MR) is 49.7 cm³/mol. The Labute approximate surface area is 81.2 Å². The summed E-state index contributed by atoms with van der Waals surface area (Å²) in [5, 5.41) is 17.8. The maximum atomic E-state index is 10.3. The minimum absolute atomic E-state index is 0.00499. The molecular formula is C9H12N2O3. The second-order valence-electron chi connectivity index (χ2n) is 2.95. The molecule has 0 amide bonds. The van der Waals surface area contributed by atoms with Gasteiger partial charge in [0, 0.05) is 12.6 Å². The van der Waals surface area contributed by atoms with Gasteiger partial charge in [-0.2, -0.15) is 0 Å². The zero-order chi connectivity index (χ0) is 10.6. The summed E-state index contributed by atoms with van der Waals surface area (Å²) in [6.07, 6.45) is 1.74. The van der Waals surface area contributed by atoms with Crippen LogP contribution in [0.4, 0.5) is 0 Å². The highest BCUT2D eigenvalue weighted by molar-refractivity contribution is 5.66. The first kappa shape index (κ1) is 10.5. The summed E-state index contributed by atoms with van der Waals surface area (Å²) in [7, 11) is 0. The van der Waals surface area contributed by atoms with Gasteiger partial charge in [-0.15, -0.1) is 0 Å². The molecule has 0 aliphatic heterocycles. The molecule has 0 fully saturated rings. The summed E-state index contributed by atoms with van der Waals surface area (Å²) in [6.45, 7) is 0. The summed E-state index contributed by atoms with van der Waals surface area (Å²) in [6, 6.07) is 2.53. The molecule has 4 N–H and O–H groups in total. The van der Waals surface area contributed by atoms with E-state index >= 15 is 0 Å². The number of aromatic nitrogens is 1. The third-order valence-electron chi connectivity index (χ3n) is 1.84. The van der Waals surface area contributed by atoms with Crippen molar-refractivity contribution in [3.63, 3.8) is 0 Å². The average molecular weight is 196 g/mol. The number of carbonyl (C=O) groups is 1. The molecule has 0 bridgehead atoms. The molecule has 1 rings (SSSR count). The molecule has 0 saturated carbocycles.